The molecule has 1 unspecified atom stereocenters. The molecule has 0 aromatic heterocycles. The molecule has 0 radical (unpaired) electrons. The second kappa shape index (κ2) is 7.30. The monoisotopic (exact) mass is 340 g/mol. The molecule has 4 atom stereocenters. The van der Waals surface area contributed by atoms with Gasteiger partial charge in [0.15, 0.2) is 23.7 Å². The number of esters is 2. The minimum absolute atomic E-state index is 0.301. The Morgan fingerprint density at radius 1 is 1.29 bits per heavy atom. The number of carbonyl (C=O) groups is 2. The lowest BCUT2D eigenvalue weighted by atomic mass is 10.1. The number of aliphatic hydroxyl groups is 3. The molecule has 0 saturated carbocycles. The smallest absolute Gasteiger partial charge is 0.338 e. The molecule has 1 fully saturated rings. The fourth-order valence-electron chi connectivity index (χ4n) is 2.02. The molecular formula is C15H16O9. The molecule has 2 rings (SSSR count). The van der Waals surface area contributed by atoms with Crippen molar-refractivity contribution in [3.63, 3.8) is 0 Å². The Bertz CT molecular complexity index is 654. The summed E-state index contributed by atoms with van der Waals surface area (Å²) < 4.78 is 9.32. The molecule has 24 heavy (non-hydrogen) atoms. The second-order valence-corrected chi connectivity index (χ2v) is 5.12. The molecule has 0 bridgehead atoms. The number of hydrogen-bond donors (Lipinski definition) is 5. The summed E-state index contributed by atoms with van der Waals surface area (Å²) in [6, 6.07) is 3.92. The third-order valence-electron chi connectivity index (χ3n) is 3.34. The first-order valence-corrected chi connectivity index (χ1v) is 6.91. The van der Waals surface area contributed by atoms with Crippen LogP contribution in [-0.4, -0.2) is 68.5 Å². The van der Waals surface area contributed by atoms with E-state index in [0.29, 0.717) is 5.56 Å². The predicted octanol–water partition coefficient (Wildman–Crippen LogP) is -1.34. The summed E-state index contributed by atoms with van der Waals surface area (Å²) in [6.07, 6.45) is -3.93. The SMILES string of the molecule is O=C(/C=C/c1ccc(O)c(O)c1)OC[C@H](O)C1OC(=O)[C@H](O)[C@H]1O. The number of hydrogen-bond acceptors (Lipinski definition) is 9. The third kappa shape index (κ3) is 4.02. The maximum Gasteiger partial charge on any atom is 0.338 e. The summed E-state index contributed by atoms with van der Waals surface area (Å²) in [6.45, 7) is -0.564. The number of phenolic OH excluding ortho intramolecular Hbond substituents is 2. The molecular weight excluding hydrogens is 324 g/mol. The highest BCUT2D eigenvalue weighted by atomic mass is 16.6. The normalized spacial score (nSPS) is 24.8. The largest absolute Gasteiger partial charge is 0.504 e. The zero-order chi connectivity index (χ0) is 17.9. The van der Waals surface area contributed by atoms with Crippen LogP contribution < -0.4 is 0 Å². The molecule has 0 amide bonds. The van der Waals surface area contributed by atoms with E-state index in [0.717, 1.165) is 6.08 Å². The molecule has 1 aliphatic rings. The Hall–Kier alpha value is -2.62. The molecule has 1 saturated heterocycles. The van der Waals surface area contributed by atoms with Crippen LogP contribution in [0.2, 0.25) is 0 Å². The molecule has 130 valence electrons. The van der Waals surface area contributed by atoms with Gasteiger partial charge in [-0.2, -0.15) is 0 Å². The number of rotatable bonds is 5. The number of benzene rings is 1. The zero-order valence-corrected chi connectivity index (χ0v) is 12.3. The number of carbonyl (C=O) groups excluding carboxylic acids is 2. The van der Waals surface area contributed by atoms with E-state index in [1.165, 1.54) is 24.3 Å². The highest BCUT2D eigenvalue weighted by molar-refractivity contribution is 5.87. The average molecular weight is 340 g/mol. The van der Waals surface area contributed by atoms with Gasteiger partial charge in [0.1, 0.15) is 18.8 Å². The van der Waals surface area contributed by atoms with Crippen molar-refractivity contribution >= 4 is 18.0 Å². The standard InChI is InChI=1S/C15H16O9/c16-8-3-1-7(5-9(8)17)2-4-11(19)23-6-10(18)14-12(20)13(21)15(22)24-14/h1-5,10,12-14,16-18,20-21H,6H2/b4-2+/t10-,12+,13+,14?/m0/s1. The number of aromatic hydroxyl groups is 2. The van der Waals surface area contributed by atoms with Crippen molar-refractivity contribution < 1.29 is 44.6 Å². The number of phenols is 2. The number of ether oxygens (including phenoxy) is 2. The van der Waals surface area contributed by atoms with Crippen LogP contribution in [-0.2, 0) is 19.1 Å². The van der Waals surface area contributed by atoms with Crippen molar-refractivity contribution in [2.24, 2.45) is 0 Å². The van der Waals surface area contributed by atoms with Gasteiger partial charge in [-0.1, -0.05) is 6.07 Å². The summed E-state index contributed by atoms with van der Waals surface area (Å²) in [5, 5.41) is 47.0. The van der Waals surface area contributed by atoms with Crippen molar-refractivity contribution in [1.29, 1.82) is 0 Å². The number of aliphatic hydroxyl groups excluding tert-OH is 3. The van der Waals surface area contributed by atoms with Crippen molar-refractivity contribution in [1.82, 2.24) is 0 Å². The molecule has 1 heterocycles. The zero-order valence-electron chi connectivity index (χ0n) is 12.3. The van der Waals surface area contributed by atoms with Gasteiger partial charge >= 0.3 is 11.9 Å². The minimum atomic E-state index is -1.75. The minimum Gasteiger partial charge on any atom is -0.504 e. The highest BCUT2D eigenvalue weighted by Gasteiger charge is 2.46. The van der Waals surface area contributed by atoms with Gasteiger partial charge in [-0.3, -0.25) is 0 Å². The first-order chi connectivity index (χ1) is 11.3. The summed E-state index contributed by atoms with van der Waals surface area (Å²) in [5.41, 5.74) is 0.422. The molecule has 0 aliphatic carbocycles. The van der Waals surface area contributed by atoms with Crippen LogP contribution in [0.5, 0.6) is 11.5 Å². The summed E-state index contributed by atoms with van der Waals surface area (Å²) >= 11 is 0. The van der Waals surface area contributed by atoms with Crippen molar-refractivity contribution in [3.8, 4) is 11.5 Å². The molecule has 0 spiro atoms. The summed E-state index contributed by atoms with van der Waals surface area (Å²) in [5.74, 6) is -2.55. The Morgan fingerprint density at radius 2 is 2.00 bits per heavy atom. The molecule has 9 nitrogen and oxygen atoms in total. The van der Waals surface area contributed by atoms with E-state index in [4.69, 9.17) is 9.84 Å². The Kier molecular flexibility index (Phi) is 5.39. The molecule has 1 aromatic rings. The Labute approximate surface area is 136 Å². The van der Waals surface area contributed by atoms with E-state index in [1.807, 2.05) is 0 Å². The van der Waals surface area contributed by atoms with E-state index in [9.17, 15) is 30.0 Å². The Morgan fingerprint density at radius 3 is 2.58 bits per heavy atom. The lowest BCUT2D eigenvalue weighted by Gasteiger charge is -2.19. The Balaban J connectivity index is 1.85. The topological polar surface area (TPSA) is 154 Å². The van der Waals surface area contributed by atoms with E-state index in [2.05, 4.69) is 4.74 Å². The van der Waals surface area contributed by atoms with Crippen LogP contribution in [0.4, 0.5) is 0 Å². The van der Waals surface area contributed by atoms with Crippen LogP contribution in [0.1, 0.15) is 5.56 Å². The number of cyclic esters (lactones) is 1. The van der Waals surface area contributed by atoms with Crippen LogP contribution in [0.25, 0.3) is 6.08 Å². The van der Waals surface area contributed by atoms with Crippen LogP contribution in [0.15, 0.2) is 24.3 Å². The predicted molar refractivity (Wildman–Crippen MR) is 77.7 cm³/mol. The summed E-state index contributed by atoms with van der Waals surface area (Å²) in [7, 11) is 0. The van der Waals surface area contributed by atoms with E-state index in [1.54, 1.807) is 0 Å². The van der Waals surface area contributed by atoms with Crippen molar-refractivity contribution in [2.45, 2.75) is 24.4 Å². The molecule has 1 aromatic carbocycles. The van der Waals surface area contributed by atoms with Crippen LogP contribution >= 0.6 is 0 Å². The quantitative estimate of drug-likeness (QED) is 0.249. The van der Waals surface area contributed by atoms with Gasteiger partial charge in [0.25, 0.3) is 0 Å². The lowest BCUT2D eigenvalue weighted by molar-refractivity contribution is -0.154. The van der Waals surface area contributed by atoms with Crippen molar-refractivity contribution in [3.05, 3.63) is 29.8 Å². The highest BCUT2D eigenvalue weighted by Crippen LogP contribution is 2.25. The molecule has 1 aliphatic heterocycles. The first-order valence-electron chi connectivity index (χ1n) is 6.91. The van der Waals surface area contributed by atoms with Gasteiger partial charge in [-0.05, 0) is 23.8 Å². The fraction of sp³-hybridized carbons (Fsp3) is 0.333. The fourth-order valence-corrected chi connectivity index (χ4v) is 2.02. The average Bonchev–Trinajstić information content (AvgIpc) is 2.81. The van der Waals surface area contributed by atoms with E-state index >= 15 is 0 Å². The van der Waals surface area contributed by atoms with Gasteiger partial charge in [0, 0.05) is 6.08 Å². The maximum atomic E-state index is 11.5. The second-order valence-electron chi connectivity index (χ2n) is 5.12. The summed E-state index contributed by atoms with van der Waals surface area (Å²) in [4.78, 5) is 22.6. The molecule has 5 N–H and O–H groups in total. The third-order valence-corrected chi connectivity index (χ3v) is 3.34. The van der Waals surface area contributed by atoms with E-state index in [-0.39, 0.29) is 11.5 Å². The van der Waals surface area contributed by atoms with Gasteiger partial charge in [0.2, 0.25) is 0 Å². The van der Waals surface area contributed by atoms with Crippen LogP contribution in [0.3, 0.4) is 0 Å². The van der Waals surface area contributed by atoms with Gasteiger partial charge in [0.05, 0.1) is 0 Å². The molecule has 9 heteroatoms. The van der Waals surface area contributed by atoms with Crippen molar-refractivity contribution in [2.75, 3.05) is 6.61 Å². The lowest BCUT2D eigenvalue weighted by Crippen LogP contribution is -2.41. The van der Waals surface area contributed by atoms with E-state index < -0.39 is 43.0 Å². The van der Waals surface area contributed by atoms with Crippen LogP contribution in [0, 0.1) is 0 Å². The van der Waals surface area contributed by atoms with Gasteiger partial charge in [-0.25, -0.2) is 9.59 Å². The van der Waals surface area contributed by atoms with Gasteiger partial charge < -0.3 is 35.0 Å². The maximum absolute atomic E-state index is 11.5. The first kappa shape index (κ1) is 17.7. The van der Waals surface area contributed by atoms with Gasteiger partial charge in [-0.15, -0.1) is 0 Å².